The van der Waals surface area contributed by atoms with Crippen LogP contribution in [0.2, 0.25) is 0 Å². The van der Waals surface area contributed by atoms with Crippen molar-refractivity contribution >= 4 is 5.82 Å². The van der Waals surface area contributed by atoms with Crippen LogP contribution in [0.4, 0.5) is 5.82 Å². The Morgan fingerprint density at radius 1 is 1.67 bits per heavy atom. The highest BCUT2D eigenvalue weighted by molar-refractivity contribution is 5.37. The minimum Gasteiger partial charge on any atom is -0.384 e. The van der Waals surface area contributed by atoms with Crippen molar-refractivity contribution in [3.63, 3.8) is 0 Å². The lowest BCUT2D eigenvalue weighted by molar-refractivity contribution is -0.0418. The summed E-state index contributed by atoms with van der Waals surface area (Å²) in [6.45, 7) is 0. The van der Waals surface area contributed by atoms with Crippen LogP contribution in [0.5, 0.6) is 0 Å². The molecule has 1 heterocycles. The molecule has 1 rings (SSSR count). The van der Waals surface area contributed by atoms with Crippen molar-refractivity contribution < 1.29 is 10.2 Å². The highest BCUT2D eigenvalue weighted by atomic mass is 16.5. The van der Waals surface area contributed by atoms with Gasteiger partial charge in [-0.05, 0) is 0 Å². The first-order valence-electron chi connectivity index (χ1n) is 2.36. The fourth-order valence-corrected chi connectivity index (χ4v) is 0.511. The van der Waals surface area contributed by atoms with E-state index in [0.29, 0.717) is 0 Å². The molecule has 50 valence electrons. The Balaban J connectivity index is 2.94. The molecule has 0 aromatic carbocycles. The van der Waals surface area contributed by atoms with Crippen LogP contribution in [0.25, 0.3) is 0 Å². The topological polar surface area (TPSA) is 95.2 Å². The van der Waals surface area contributed by atoms with E-state index in [1.165, 1.54) is 6.20 Å². The number of aliphatic hydroxyl groups excluding tert-OH is 1. The van der Waals surface area contributed by atoms with Gasteiger partial charge in [-0.1, -0.05) is 0 Å². The molecule has 0 amide bonds. The van der Waals surface area contributed by atoms with Gasteiger partial charge in [0.25, 0.3) is 0 Å². The van der Waals surface area contributed by atoms with Gasteiger partial charge < -0.3 is 15.9 Å². The zero-order valence-corrected chi connectivity index (χ0v) is 4.57. The van der Waals surface area contributed by atoms with Gasteiger partial charge >= 0.3 is 0 Å². The van der Waals surface area contributed by atoms with Crippen molar-refractivity contribution in [3.05, 3.63) is 11.8 Å². The van der Waals surface area contributed by atoms with Crippen LogP contribution >= 0.6 is 0 Å². The van der Waals surface area contributed by atoms with E-state index in [1.54, 1.807) is 0 Å². The molecule has 0 aliphatic heterocycles. The summed E-state index contributed by atoms with van der Waals surface area (Å²) in [5.41, 5.74) is 5.41. The summed E-state index contributed by atoms with van der Waals surface area (Å²) in [5, 5.41) is 22.8. The average Bonchev–Trinajstić information content (AvgIpc) is 2.13. The molecule has 0 saturated heterocycles. The molecule has 0 aliphatic rings. The highest BCUT2D eigenvalue weighted by Gasteiger charge is 2.07. The molecule has 0 atom stereocenters. The second-order valence-electron chi connectivity index (χ2n) is 1.61. The minimum absolute atomic E-state index is 0.185. The number of aromatic nitrogens is 2. The number of H-pyrrole nitrogens is 1. The molecule has 0 radical (unpaired) electrons. The molecule has 5 heteroatoms. The van der Waals surface area contributed by atoms with Crippen LogP contribution in [-0.4, -0.2) is 20.4 Å². The Morgan fingerprint density at radius 3 is 2.56 bits per heavy atom. The minimum atomic E-state index is -1.54. The van der Waals surface area contributed by atoms with Crippen LogP contribution in [-0.2, 0) is 0 Å². The second-order valence-corrected chi connectivity index (χ2v) is 1.61. The number of anilines is 1. The molecule has 0 saturated carbocycles. The summed E-state index contributed by atoms with van der Waals surface area (Å²) in [6.07, 6.45) is -0.274. The highest BCUT2D eigenvalue weighted by Crippen LogP contribution is 2.13. The summed E-state index contributed by atoms with van der Waals surface area (Å²) in [4.78, 5) is 0. The van der Waals surface area contributed by atoms with E-state index in [0.717, 1.165) is 0 Å². The molecule has 1 aromatic rings. The molecular weight excluding hydrogens is 122 g/mol. The normalized spacial score (nSPS) is 10.6. The zero-order chi connectivity index (χ0) is 6.85. The van der Waals surface area contributed by atoms with E-state index in [1.807, 2.05) is 0 Å². The smallest absolute Gasteiger partial charge is 0.183 e. The lowest BCUT2D eigenvalue weighted by atomic mass is 10.3. The quantitative estimate of drug-likeness (QED) is 0.365. The standard InChI is InChI=1S/C4H7N3O2/c5-3-2(4(8)9)1-6-7-3/h1,4,8-9H,(H3,5,6,7). The number of aromatic amines is 1. The predicted molar refractivity (Wildman–Crippen MR) is 30.2 cm³/mol. The van der Waals surface area contributed by atoms with Gasteiger partial charge in [0, 0.05) is 0 Å². The van der Waals surface area contributed by atoms with Crippen LogP contribution in [0.1, 0.15) is 11.9 Å². The summed E-state index contributed by atoms with van der Waals surface area (Å²) in [7, 11) is 0. The Kier molecular flexibility index (Phi) is 1.37. The van der Waals surface area contributed by atoms with Crippen LogP contribution < -0.4 is 5.73 Å². The number of nitrogens with two attached hydrogens (primary N) is 1. The van der Waals surface area contributed by atoms with E-state index >= 15 is 0 Å². The average molecular weight is 129 g/mol. The van der Waals surface area contributed by atoms with Crippen LogP contribution in [0.15, 0.2) is 6.20 Å². The van der Waals surface area contributed by atoms with Gasteiger partial charge in [-0.15, -0.1) is 0 Å². The maximum atomic E-state index is 8.51. The molecule has 0 spiro atoms. The molecule has 9 heavy (non-hydrogen) atoms. The van der Waals surface area contributed by atoms with Crippen molar-refractivity contribution in [1.29, 1.82) is 0 Å². The summed E-state index contributed by atoms with van der Waals surface area (Å²) >= 11 is 0. The molecule has 0 aliphatic carbocycles. The predicted octanol–water partition coefficient (Wildman–Crippen LogP) is -1.02. The number of rotatable bonds is 1. The fourth-order valence-electron chi connectivity index (χ4n) is 0.511. The number of nitrogens with one attached hydrogen (secondary N) is 1. The van der Waals surface area contributed by atoms with E-state index in [-0.39, 0.29) is 11.4 Å². The molecule has 1 aromatic heterocycles. The van der Waals surface area contributed by atoms with Gasteiger partial charge in [-0.3, -0.25) is 5.10 Å². The van der Waals surface area contributed by atoms with E-state index in [2.05, 4.69) is 10.2 Å². The van der Waals surface area contributed by atoms with Gasteiger partial charge in [0.2, 0.25) is 0 Å². The summed E-state index contributed by atoms with van der Waals surface area (Å²) in [5.74, 6) is 0.185. The van der Waals surface area contributed by atoms with Gasteiger partial charge in [0.15, 0.2) is 6.29 Å². The Morgan fingerprint density at radius 2 is 2.33 bits per heavy atom. The Hall–Kier alpha value is -1.07. The van der Waals surface area contributed by atoms with Crippen molar-refractivity contribution in [2.45, 2.75) is 6.29 Å². The van der Waals surface area contributed by atoms with Gasteiger partial charge in [0.1, 0.15) is 5.82 Å². The first kappa shape index (κ1) is 6.06. The summed E-state index contributed by atoms with van der Waals surface area (Å²) < 4.78 is 0. The number of hydrogen-bond donors (Lipinski definition) is 4. The third-order valence-electron chi connectivity index (χ3n) is 0.978. The molecule has 0 unspecified atom stereocenters. The van der Waals surface area contributed by atoms with Gasteiger partial charge in [0.05, 0.1) is 11.8 Å². The first-order chi connectivity index (χ1) is 4.22. The molecule has 0 bridgehead atoms. The number of nitrogen functional groups attached to an aromatic ring is 1. The molecule has 5 N–H and O–H groups in total. The van der Waals surface area contributed by atoms with Crippen molar-refractivity contribution in [2.75, 3.05) is 5.73 Å². The lowest BCUT2D eigenvalue weighted by Gasteiger charge is -1.97. The maximum absolute atomic E-state index is 8.51. The van der Waals surface area contributed by atoms with E-state index < -0.39 is 6.29 Å². The van der Waals surface area contributed by atoms with Gasteiger partial charge in [-0.25, -0.2) is 0 Å². The van der Waals surface area contributed by atoms with E-state index in [9.17, 15) is 0 Å². The van der Waals surface area contributed by atoms with Crippen molar-refractivity contribution in [2.24, 2.45) is 0 Å². The Bertz CT molecular complexity index is 195. The Labute approximate surface area is 51.1 Å². The van der Waals surface area contributed by atoms with Crippen molar-refractivity contribution in [3.8, 4) is 0 Å². The number of hydrogen-bond acceptors (Lipinski definition) is 4. The lowest BCUT2D eigenvalue weighted by Crippen LogP contribution is -1.97. The maximum Gasteiger partial charge on any atom is 0.183 e. The molecular formula is C4H7N3O2. The molecule has 0 fully saturated rings. The number of nitrogens with zero attached hydrogens (tertiary/aromatic N) is 1. The van der Waals surface area contributed by atoms with Gasteiger partial charge in [-0.2, -0.15) is 5.10 Å². The third kappa shape index (κ3) is 1.01. The summed E-state index contributed by atoms with van der Waals surface area (Å²) in [6, 6.07) is 0. The monoisotopic (exact) mass is 129 g/mol. The third-order valence-corrected chi connectivity index (χ3v) is 0.978. The van der Waals surface area contributed by atoms with E-state index in [4.69, 9.17) is 15.9 Å². The van der Waals surface area contributed by atoms with Crippen molar-refractivity contribution in [1.82, 2.24) is 10.2 Å². The SMILES string of the molecule is Nc1[nH]ncc1C(O)O. The second kappa shape index (κ2) is 2.04. The van der Waals surface area contributed by atoms with Crippen LogP contribution in [0, 0.1) is 0 Å². The largest absolute Gasteiger partial charge is 0.384 e. The fraction of sp³-hybridized carbons (Fsp3) is 0.250. The first-order valence-corrected chi connectivity index (χ1v) is 2.36. The van der Waals surface area contributed by atoms with Crippen LogP contribution in [0.3, 0.4) is 0 Å². The zero-order valence-electron chi connectivity index (χ0n) is 4.57. The molecule has 5 nitrogen and oxygen atoms in total. The number of aliphatic hydroxyl groups is 2.